The third kappa shape index (κ3) is 3.91. The minimum atomic E-state index is -3.31. The Morgan fingerprint density at radius 2 is 1.93 bits per heavy atom. The molecule has 1 aliphatic carbocycles. The number of nitrogen functional groups attached to an aromatic ring is 1. The maximum absolute atomic E-state index is 12.5. The number of carbonyl (C=O) groups is 1. The van der Waals surface area contributed by atoms with Crippen LogP contribution in [0.2, 0.25) is 0 Å². The lowest BCUT2D eigenvalue weighted by molar-refractivity contribution is 0.251. The molecule has 0 saturated heterocycles. The molecule has 8 nitrogen and oxygen atoms in total. The molecule has 1 aliphatic rings. The molecule has 10 heteroatoms. The standard InChI is InChI=1S/C18H22FN5O3S/c1-2-28(26,27)18(7-8-18)14-11-15(20)24-16(23-14)12-3-5-13(6-4-12)22-17(25)21-10-9-19/h3-6,11H,2,7-10H2,1H3,(H2,20,23,24)(H2,21,22,25). The molecule has 0 aliphatic heterocycles. The topological polar surface area (TPSA) is 127 Å². The SMILES string of the molecule is CCS(=O)(=O)C1(c2cc(N)nc(-c3ccc(NC(=O)NCCF)cc3)n2)CC1. The third-order valence-electron chi connectivity index (χ3n) is 4.67. The largest absolute Gasteiger partial charge is 0.384 e. The number of aromatic nitrogens is 2. The zero-order chi connectivity index (χ0) is 20.4. The maximum atomic E-state index is 12.5. The molecule has 3 rings (SSSR count). The Balaban J connectivity index is 1.85. The third-order valence-corrected chi connectivity index (χ3v) is 7.24. The summed E-state index contributed by atoms with van der Waals surface area (Å²) in [5.41, 5.74) is 7.47. The van der Waals surface area contributed by atoms with E-state index in [0.717, 1.165) is 0 Å². The highest BCUT2D eigenvalue weighted by atomic mass is 32.2. The van der Waals surface area contributed by atoms with E-state index in [0.29, 0.717) is 35.6 Å². The number of rotatable bonds is 7. The fraction of sp³-hybridized carbons (Fsp3) is 0.389. The summed E-state index contributed by atoms with van der Waals surface area (Å²) in [6.07, 6.45) is 1.05. The van der Waals surface area contributed by atoms with Gasteiger partial charge in [-0.15, -0.1) is 0 Å². The molecule has 1 fully saturated rings. The predicted octanol–water partition coefficient (Wildman–Crippen LogP) is 2.24. The van der Waals surface area contributed by atoms with Crippen molar-refractivity contribution >= 4 is 27.4 Å². The van der Waals surface area contributed by atoms with Gasteiger partial charge in [0.2, 0.25) is 0 Å². The normalized spacial score (nSPS) is 15.1. The Morgan fingerprint density at radius 3 is 2.50 bits per heavy atom. The van der Waals surface area contributed by atoms with E-state index < -0.39 is 27.3 Å². The van der Waals surface area contributed by atoms with Crippen molar-refractivity contribution in [3.05, 3.63) is 36.0 Å². The van der Waals surface area contributed by atoms with Crippen LogP contribution >= 0.6 is 0 Å². The van der Waals surface area contributed by atoms with Crippen LogP contribution in [0.4, 0.5) is 20.7 Å². The molecular weight excluding hydrogens is 385 g/mol. The van der Waals surface area contributed by atoms with Crippen molar-refractivity contribution in [2.45, 2.75) is 24.5 Å². The molecule has 2 aromatic rings. The van der Waals surface area contributed by atoms with Gasteiger partial charge in [0.05, 0.1) is 5.69 Å². The number of hydrogen-bond acceptors (Lipinski definition) is 6. The highest BCUT2D eigenvalue weighted by Crippen LogP contribution is 2.52. The molecule has 2 amide bonds. The Bertz CT molecular complexity index is 975. The first kappa shape index (κ1) is 20.0. The number of nitrogens with zero attached hydrogens (tertiary/aromatic N) is 2. The van der Waals surface area contributed by atoms with Crippen molar-refractivity contribution in [3.8, 4) is 11.4 Å². The highest BCUT2D eigenvalue weighted by Gasteiger charge is 2.56. The van der Waals surface area contributed by atoms with Crippen molar-refractivity contribution in [3.63, 3.8) is 0 Å². The highest BCUT2D eigenvalue weighted by molar-refractivity contribution is 7.92. The predicted molar refractivity (Wildman–Crippen MR) is 105 cm³/mol. The van der Waals surface area contributed by atoms with Crippen molar-refractivity contribution in [2.75, 3.05) is 30.0 Å². The molecule has 150 valence electrons. The molecule has 1 heterocycles. The summed E-state index contributed by atoms with van der Waals surface area (Å²) in [5.74, 6) is 0.559. The van der Waals surface area contributed by atoms with Crippen LogP contribution in [0.25, 0.3) is 11.4 Å². The average molecular weight is 407 g/mol. The van der Waals surface area contributed by atoms with Crippen LogP contribution in [0.1, 0.15) is 25.5 Å². The lowest BCUT2D eigenvalue weighted by Gasteiger charge is -2.16. The van der Waals surface area contributed by atoms with E-state index in [4.69, 9.17) is 5.73 Å². The molecule has 1 saturated carbocycles. The molecule has 0 radical (unpaired) electrons. The number of carbonyl (C=O) groups excluding carboxylic acids is 1. The summed E-state index contributed by atoms with van der Waals surface area (Å²) >= 11 is 0. The number of benzene rings is 1. The number of anilines is 2. The van der Waals surface area contributed by atoms with Gasteiger partial charge in [-0.2, -0.15) is 0 Å². The van der Waals surface area contributed by atoms with E-state index in [2.05, 4.69) is 20.6 Å². The summed E-state index contributed by atoms with van der Waals surface area (Å²) in [7, 11) is -3.31. The minimum absolute atomic E-state index is 0.0388. The van der Waals surface area contributed by atoms with Crippen LogP contribution in [0.5, 0.6) is 0 Å². The van der Waals surface area contributed by atoms with Crippen molar-refractivity contribution < 1.29 is 17.6 Å². The van der Waals surface area contributed by atoms with Crippen LogP contribution in [0, 0.1) is 0 Å². The number of hydrogen-bond donors (Lipinski definition) is 3. The Hall–Kier alpha value is -2.75. The quantitative estimate of drug-likeness (QED) is 0.646. The molecule has 0 unspecified atom stereocenters. The molecule has 0 spiro atoms. The lowest BCUT2D eigenvalue weighted by Crippen LogP contribution is -2.30. The van der Waals surface area contributed by atoms with Gasteiger partial charge in [-0.1, -0.05) is 6.92 Å². The summed E-state index contributed by atoms with van der Waals surface area (Å²) in [5, 5.41) is 4.94. The molecule has 4 N–H and O–H groups in total. The van der Waals surface area contributed by atoms with E-state index in [9.17, 15) is 17.6 Å². The van der Waals surface area contributed by atoms with Gasteiger partial charge in [0, 0.05) is 29.6 Å². The molecule has 1 aromatic heterocycles. The fourth-order valence-corrected chi connectivity index (χ4v) is 4.68. The summed E-state index contributed by atoms with van der Waals surface area (Å²) in [4.78, 5) is 20.3. The van der Waals surface area contributed by atoms with Gasteiger partial charge in [0.25, 0.3) is 0 Å². The van der Waals surface area contributed by atoms with Crippen molar-refractivity contribution in [1.82, 2.24) is 15.3 Å². The maximum Gasteiger partial charge on any atom is 0.319 e. The second-order valence-electron chi connectivity index (χ2n) is 6.55. The molecule has 28 heavy (non-hydrogen) atoms. The van der Waals surface area contributed by atoms with Gasteiger partial charge in [-0.25, -0.2) is 27.6 Å². The van der Waals surface area contributed by atoms with Gasteiger partial charge in [0.15, 0.2) is 15.7 Å². The average Bonchev–Trinajstić information content (AvgIpc) is 3.49. The van der Waals surface area contributed by atoms with Gasteiger partial charge >= 0.3 is 6.03 Å². The van der Waals surface area contributed by atoms with Crippen LogP contribution in [-0.2, 0) is 14.6 Å². The number of nitrogens with one attached hydrogen (secondary N) is 2. The number of sulfone groups is 1. The first-order chi connectivity index (χ1) is 13.3. The lowest BCUT2D eigenvalue weighted by atomic mass is 10.1. The number of urea groups is 1. The Labute approximate surface area is 162 Å². The van der Waals surface area contributed by atoms with Gasteiger partial charge < -0.3 is 16.4 Å². The van der Waals surface area contributed by atoms with E-state index in [1.807, 2.05) is 0 Å². The summed E-state index contributed by atoms with van der Waals surface area (Å²) in [6, 6.07) is 7.69. The molecular formula is C18H22FN5O3S. The van der Waals surface area contributed by atoms with Crippen LogP contribution in [0.3, 0.4) is 0 Å². The monoisotopic (exact) mass is 407 g/mol. The zero-order valence-electron chi connectivity index (χ0n) is 15.4. The smallest absolute Gasteiger partial charge is 0.319 e. The second-order valence-corrected chi connectivity index (χ2v) is 9.13. The van der Waals surface area contributed by atoms with E-state index in [1.165, 1.54) is 6.07 Å². The number of alkyl halides is 1. The second kappa shape index (κ2) is 7.70. The Kier molecular flexibility index (Phi) is 5.50. The van der Waals surface area contributed by atoms with Crippen LogP contribution < -0.4 is 16.4 Å². The van der Waals surface area contributed by atoms with E-state index in [-0.39, 0.29) is 18.1 Å². The first-order valence-corrected chi connectivity index (χ1v) is 10.5. The van der Waals surface area contributed by atoms with E-state index >= 15 is 0 Å². The van der Waals surface area contributed by atoms with Crippen LogP contribution in [0.15, 0.2) is 30.3 Å². The first-order valence-electron chi connectivity index (χ1n) is 8.90. The molecule has 1 aromatic carbocycles. The Morgan fingerprint density at radius 1 is 1.25 bits per heavy atom. The number of nitrogens with two attached hydrogens (primary N) is 1. The molecule has 0 atom stereocenters. The van der Waals surface area contributed by atoms with Crippen molar-refractivity contribution in [1.29, 1.82) is 0 Å². The fourth-order valence-electron chi connectivity index (χ4n) is 2.98. The minimum Gasteiger partial charge on any atom is -0.384 e. The van der Waals surface area contributed by atoms with Crippen LogP contribution in [-0.4, -0.2) is 43.4 Å². The van der Waals surface area contributed by atoms with Crippen molar-refractivity contribution in [2.24, 2.45) is 0 Å². The molecule has 0 bridgehead atoms. The van der Waals surface area contributed by atoms with E-state index in [1.54, 1.807) is 31.2 Å². The van der Waals surface area contributed by atoms with Gasteiger partial charge in [-0.05, 0) is 37.1 Å². The zero-order valence-corrected chi connectivity index (χ0v) is 16.2. The number of halogens is 1. The summed E-state index contributed by atoms with van der Waals surface area (Å²) < 4.78 is 36.1. The number of amides is 2. The summed E-state index contributed by atoms with van der Waals surface area (Å²) in [6.45, 7) is 0.916. The van der Waals surface area contributed by atoms with Gasteiger partial charge in [-0.3, -0.25) is 0 Å². The van der Waals surface area contributed by atoms with Gasteiger partial charge in [0.1, 0.15) is 17.2 Å².